The monoisotopic (exact) mass is 182 g/mol. The molecule has 0 amide bonds. The van der Waals surface area contributed by atoms with Crippen molar-refractivity contribution in [3.8, 4) is 0 Å². The van der Waals surface area contributed by atoms with Crippen LogP contribution >= 0.6 is 0 Å². The Morgan fingerprint density at radius 2 is 2.23 bits per heavy atom. The molecule has 13 heavy (non-hydrogen) atoms. The minimum Gasteiger partial charge on any atom is -0.313 e. The normalized spacial score (nSPS) is 39.9. The van der Waals surface area contributed by atoms with E-state index in [1.165, 1.54) is 45.2 Å². The topological polar surface area (TPSA) is 24.1 Å². The summed E-state index contributed by atoms with van der Waals surface area (Å²) in [6, 6.07) is 1.58. The van der Waals surface area contributed by atoms with Crippen molar-refractivity contribution in [2.75, 3.05) is 13.1 Å². The molecule has 2 rings (SSSR count). The average Bonchev–Trinajstić information content (AvgIpc) is 2.71. The van der Waals surface area contributed by atoms with Gasteiger partial charge in [-0.15, -0.1) is 0 Å². The maximum Gasteiger partial charge on any atom is 0.0193 e. The molecule has 0 radical (unpaired) electrons. The maximum absolute atomic E-state index is 3.69. The molecular weight excluding hydrogens is 160 g/mol. The Balaban J connectivity index is 1.62. The summed E-state index contributed by atoms with van der Waals surface area (Å²) in [6.07, 6.45) is 6.96. The fourth-order valence-corrected chi connectivity index (χ4v) is 2.63. The SMILES string of the molecule is CC1CCC(NCC2CCCN2)C1. The third-order valence-corrected chi connectivity index (χ3v) is 3.51. The Morgan fingerprint density at radius 1 is 1.31 bits per heavy atom. The van der Waals surface area contributed by atoms with Crippen LogP contribution in [-0.2, 0) is 0 Å². The van der Waals surface area contributed by atoms with Gasteiger partial charge in [-0.3, -0.25) is 0 Å². The van der Waals surface area contributed by atoms with Crippen molar-refractivity contribution in [1.29, 1.82) is 0 Å². The van der Waals surface area contributed by atoms with Gasteiger partial charge < -0.3 is 10.6 Å². The lowest BCUT2D eigenvalue weighted by molar-refractivity contribution is 0.455. The highest BCUT2D eigenvalue weighted by molar-refractivity contribution is 4.82. The molecule has 0 spiro atoms. The van der Waals surface area contributed by atoms with E-state index in [4.69, 9.17) is 0 Å². The van der Waals surface area contributed by atoms with Crippen LogP contribution in [0.5, 0.6) is 0 Å². The summed E-state index contributed by atoms with van der Waals surface area (Å²) in [7, 11) is 0. The second kappa shape index (κ2) is 4.43. The molecule has 1 aliphatic carbocycles. The third-order valence-electron chi connectivity index (χ3n) is 3.51. The predicted octanol–water partition coefficient (Wildman–Crippen LogP) is 1.52. The van der Waals surface area contributed by atoms with Gasteiger partial charge in [0, 0.05) is 18.6 Å². The maximum atomic E-state index is 3.69. The first-order valence-electron chi connectivity index (χ1n) is 5.81. The van der Waals surface area contributed by atoms with E-state index in [0.29, 0.717) is 0 Å². The van der Waals surface area contributed by atoms with Crippen LogP contribution in [0.3, 0.4) is 0 Å². The Labute approximate surface area is 81.5 Å². The Kier molecular flexibility index (Phi) is 3.23. The summed E-state index contributed by atoms with van der Waals surface area (Å²) in [5, 5.41) is 7.22. The van der Waals surface area contributed by atoms with Crippen LogP contribution in [0.4, 0.5) is 0 Å². The van der Waals surface area contributed by atoms with Crippen molar-refractivity contribution in [3.63, 3.8) is 0 Å². The third kappa shape index (κ3) is 2.68. The van der Waals surface area contributed by atoms with Crippen LogP contribution in [0.15, 0.2) is 0 Å². The molecular formula is C11H22N2. The van der Waals surface area contributed by atoms with E-state index in [1.807, 2.05) is 0 Å². The Hall–Kier alpha value is -0.0800. The summed E-state index contributed by atoms with van der Waals surface area (Å²) in [5.41, 5.74) is 0. The zero-order valence-electron chi connectivity index (χ0n) is 8.68. The zero-order valence-corrected chi connectivity index (χ0v) is 8.68. The van der Waals surface area contributed by atoms with Gasteiger partial charge in [0.15, 0.2) is 0 Å². The van der Waals surface area contributed by atoms with E-state index in [9.17, 15) is 0 Å². The number of rotatable bonds is 3. The van der Waals surface area contributed by atoms with Gasteiger partial charge in [0.2, 0.25) is 0 Å². The summed E-state index contributed by atoms with van der Waals surface area (Å²) in [4.78, 5) is 0. The summed E-state index contributed by atoms with van der Waals surface area (Å²) in [5.74, 6) is 0.953. The van der Waals surface area contributed by atoms with Gasteiger partial charge in [-0.2, -0.15) is 0 Å². The first-order chi connectivity index (χ1) is 6.34. The molecule has 1 aliphatic heterocycles. The van der Waals surface area contributed by atoms with Gasteiger partial charge in [0.25, 0.3) is 0 Å². The smallest absolute Gasteiger partial charge is 0.0193 e. The second-order valence-electron chi connectivity index (χ2n) is 4.82. The minimum absolute atomic E-state index is 0.760. The summed E-state index contributed by atoms with van der Waals surface area (Å²) in [6.45, 7) is 4.79. The molecule has 76 valence electrons. The van der Waals surface area contributed by atoms with E-state index < -0.39 is 0 Å². The van der Waals surface area contributed by atoms with Gasteiger partial charge in [-0.05, 0) is 44.6 Å². The van der Waals surface area contributed by atoms with Gasteiger partial charge in [0.1, 0.15) is 0 Å². The summed E-state index contributed by atoms with van der Waals surface area (Å²) >= 11 is 0. The summed E-state index contributed by atoms with van der Waals surface area (Å²) < 4.78 is 0. The molecule has 2 N–H and O–H groups in total. The molecule has 2 aliphatic rings. The van der Waals surface area contributed by atoms with Crippen LogP contribution in [0.1, 0.15) is 39.0 Å². The molecule has 0 aromatic heterocycles. The minimum atomic E-state index is 0.760. The molecule has 2 fully saturated rings. The quantitative estimate of drug-likeness (QED) is 0.691. The fourth-order valence-electron chi connectivity index (χ4n) is 2.63. The van der Waals surface area contributed by atoms with Crippen LogP contribution in [-0.4, -0.2) is 25.2 Å². The molecule has 0 aromatic carbocycles. The van der Waals surface area contributed by atoms with Crippen molar-refractivity contribution in [2.45, 2.75) is 51.1 Å². The van der Waals surface area contributed by atoms with Crippen molar-refractivity contribution < 1.29 is 0 Å². The molecule has 1 heterocycles. The van der Waals surface area contributed by atoms with Crippen LogP contribution in [0, 0.1) is 5.92 Å². The molecule has 3 unspecified atom stereocenters. The van der Waals surface area contributed by atoms with E-state index in [1.54, 1.807) is 0 Å². The van der Waals surface area contributed by atoms with Gasteiger partial charge >= 0.3 is 0 Å². The molecule has 3 atom stereocenters. The number of hydrogen-bond acceptors (Lipinski definition) is 2. The van der Waals surface area contributed by atoms with Gasteiger partial charge in [-0.25, -0.2) is 0 Å². The first-order valence-corrected chi connectivity index (χ1v) is 5.81. The van der Waals surface area contributed by atoms with Crippen LogP contribution < -0.4 is 10.6 Å². The van der Waals surface area contributed by atoms with Crippen molar-refractivity contribution >= 4 is 0 Å². The average molecular weight is 182 g/mol. The van der Waals surface area contributed by atoms with E-state index in [-0.39, 0.29) is 0 Å². The lowest BCUT2D eigenvalue weighted by Gasteiger charge is -2.16. The van der Waals surface area contributed by atoms with E-state index >= 15 is 0 Å². The first kappa shape index (κ1) is 9.47. The largest absolute Gasteiger partial charge is 0.313 e. The van der Waals surface area contributed by atoms with Crippen molar-refractivity contribution in [3.05, 3.63) is 0 Å². The Bertz CT molecular complexity index is 152. The van der Waals surface area contributed by atoms with Crippen molar-refractivity contribution in [1.82, 2.24) is 10.6 Å². The van der Waals surface area contributed by atoms with Crippen LogP contribution in [0.2, 0.25) is 0 Å². The lowest BCUT2D eigenvalue weighted by atomic mass is 10.1. The molecule has 0 bridgehead atoms. The number of nitrogens with one attached hydrogen (secondary N) is 2. The standard InChI is InChI=1S/C11H22N2/c1-9-4-5-10(7-9)13-8-11-3-2-6-12-11/h9-13H,2-8H2,1H3. The fraction of sp³-hybridized carbons (Fsp3) is 1.00. The molecule has 1 saturated heterocycles. The van der Waals surface area contributed by atoms with E-state index in [0.717, 1.165) is 18.0 Å². The number of hydrogen-bond donors (Lipinski definition) is 2. The Morgan fingerprint density at radius 3 is 2.85 bits per heavy atom. The zero-order chi connectivity index (χ0) is 9.10. The highest BCUT2D eigenvalue weighted by Gasteiger charge is 2.22. The molecule has 1 saturated carbocycles. The van der Waals surface area contributed by atoms with Crippen LogP contribution in [0.25, 0.3) is 0 Å². The van der Waals surface area contributed by atoms with E-state index in [2.05, 4.69) is 17.6 Å². The molecule has 2 nitrogen and oxygen atoms in total. The molecule has 0 aromatic rings. The van der Waals surface area contributed by atoms with Crippen molar-refractivity contribution in [2.24, 2.45) is 5.92 Å². The second-order valence-corrected chi connectivity index (χ2v) is 4.82. The van der Waals surface area contributed by atoms with Gasteiger partial charge in [0.05, 0.1) is 0 Å². The van der Waals surface area contributed by atoms with Gasteiger partial charge in [-0.1, -0.05) is 6.92 Å². The lowest BCUT2D eigenvalue weighted by Crippen LogP contribution is -2.38. The predicted molar refractivity (Wildman–Crippen MR) is 55.8 cm³/mol. The molecule has 2 heteroatoms. The highest BCUT2D eigenvalue weighted by Crippen LogP contribution is 2.24. The highest BCUT2D eigenvalue weighted by atomic mass is 15.0.